The third-order valence-electron chi connectivity index (χ3n) is 4.24. The van der Waals surface area contributed by atoms with Crippen molar-refractivity contribution in [2.75, 3.05) is 11.9 Å². The van der Waals surface area contributed by atoms with Gasteiger partial charge in [0.25, 0.3) is 0 Å². The Kier molecular flexibility index (Phi) is 4.50. The number of hydrogen-bond donors (Lipinski definition) is 1. The number of hydrogen-bond acceptors (Lipinski definition) is 2. The maximum Gasteiger partial charge on any atom is 0.323 e. The first-order valence-electron chi connectivity index (χ1n) is 7.82. The fraction of sp³-hybridized carbons (Fsp3) is 0.200. The summed E-state index contributed by atoms with van der Waals surface area (Å²) in [4.78, 5) is 14.4. The van der Waals surface area contributed by atoms with E-state index >= 15 is 0 Å². The molecular weight excluding hydrogens is 298 g/mol. The second kappa shape index (κ2) is 6.89. The van der Waals surface area contributed by atoms with Crippen LogP contribution in [0.1, 0.15) is 29.2 Å². The number of terminal acetylenes is 1. The van der Waals surface area contributed by atoms with E-state index in [1.54, 1.807) is 29.2 Å². The Hall–Kier alpha value is -3.24. The fourth-order valence-electron chi connectivity index (χ4n) is 3.14. The minimum absolute atomic E-state index is 0.0172. The number of rotatable bonds is 3. The molecule has 1 unspecified atom stereocenters. The minimum Gasteiger partial charge on any atom is -0.308 e. The Morgan fingerprint density at radius 1 is 1.29 bits per heavy atom. The van der Waals surface area contributed by atoms with Gasteiger partial charge >= 0.3 is 6.03 Å². The highest BCUT2D eigenvalue weighted by molar-refractivity contribution is 5.90. The molecule has 0 heterocycles. The van der Waals surface area contributed by atoms with Gasteiger partial charge in [0.15, 0.2) is 0 Å². The molecule has 0 radical (unpaired) electrons. The monoisotopic (exact) mass is 315 g/mol. The first-order chi connectivity index (χ1) is 11.7. The van der Waals surface area contributed by atoms with E-state index in [2.05, 4.69) is 29.4 Å². The molecule has 0 fully saturated rings. The summed E-state index contributed by atoms with van der Waals surface area (Å²) in [6, 6.07) is 16.8. The normalized spacial score (nSPS) is 15.0. The van der Waals surface area contributed by atoms with Gasteiger partial charge in [-0.05, 0) is 42.2 Å². The van der Waals surface area contributed by atoms with Gasteiger partial charge in [-0.1, -0.05) is 36.3 Å². The summed E-state index contributed by atoms with van der Waals surface area (Å²) < 4.78 is 0. The van der Waals surface area contributed by atoms with Crippen LogP contribution in [0.15, 0.2) is 48.5 Å². The topological polar surface area (TPSA) is 56.1 Å². The lowest BCUT2D eigenvalue weighted by molar-refractivity contribution is 0.197. The van der Waals surface area contributed by atoms with Crippen LogP contribution in [-0.4, -0.2) is 17.5 Å². The van der Waals surface area contributed by atoms with Gasteiger partial charge in [-0.15, -0.1) is 6.42 Å². The quantitative estimate of drug-likeness (QED) is 0.878. The van der Waals surface area contributed by atoms with Crippen molar-refractivity contribution in [1.29, 1.82) is 5.26 Å². The molecule has 2 aromatic rings. The minimum atomic E-state index is -0.246. The van der Waals surface area contributed by atoms with E-state index in [4.69, 9.17) is 11.7 Å². The van der Waals surface area contributed by atoms with Gasteiger partial charge in [0, 0.05) is 5.69 Å². The van der Waals surface area contributed by atoms with Gasteiger partial charge in [-0.3, -0.25) is 0 Å². The average Bonchev–Trinajstić information content (AvgIpc) is 3.03. The SMILES string of the molecule is C#CCN(C(=O)Nc1cccc(C#N)c1)C1CCc2ccccc21. The second-order valence-electron chi connectivity index (χ2n) is 5.71. The molecule has 0 aromatic heterocycles. The van der Waals surface area contributed by atoms with Crippen LogP contribution in [-0.2, 0) is 6.42 Å². The first kappa shape index (κ1) is 15.6. The molecule has 2 aromatic carbocycles. The molecule has 2 amide bonds. The highest BCUT2D eigenvalue weighted by Crippen LogP contribution is 2.35. The standard InChI is InChI=1S/C20H17N3O/c1-2-12-23(19-11-10-16-7-3-4-9-18(16)19)20(24)22-17-8-5-6-15(13-17)14-21/h1,3-9,13,19H,10-12H2,(H,22,24). The van der Waals surface area contributed by atoms with E-state index in [1.807, 2.05) is 12.1 Å². The molecule has 4 heteroatoms. The number of carbonyl (C=O) groups excluding carboxylic acids is 1. The van der Waals surface area contributed by atoms with Crippen LogP contribution < -0.4 is 5.32 Å². The molecule has 0 saturated heterocycles. The zero-order chi connectivity index (χ0) is 16.9. The summed E-state index contributed by atoms with van der Waals surface area (Å²) in [7, 11) is 0. The van der Waals surface area contributed by atoms with Crippen molar-refractivity contribution in [1.82, 2.24) is 4.90 Å². The molecule has 1 atom stereocenters. The summed E-state index contributed by atoms with van der Waals surface area (Å²) in [5, 5.41) is 11.8. The highest BCUT2D eigenvalue weighted by atomic mass is 16.2. The molecule has 1 aliphatic carbocycles. The molecule has 4 nitrogen and oxygen atoms in total. The van der Waals surface area contributed by atoms with Gasteiger partial charge in [-0.25, -0.2) is 4.79 Å². The lowest BCUT2D eigenvalue weighted by Crippen LogP contribution is -2.37. The molecule has 0 aliphatic heterocycles. The Bertz CT molecular complexity index is 844. The van der Waals surface area contributed by atoms with Crippen LogP contribution in [0.4, 0.5) is 10.5 Å². The number of nitrogens with one attached hydrogen (secondary N) is 1. The number of aryl methyl sites for hydroxylation is 1. The van der Waals surface area contributed by atoms with E-state index in [0.29, 0.717) is 11.3 Å². The zero-order valence-electron chi connectivity index (χ0n) is 13.2. The Morgan fingerprint density at radius 3 is 2.92 bits per heavy atom. The molecule has 24 heavy (non-hydrogen) atoms. The molecular formula is C20H17N3O. The summed E-state index contributed by atoms with van der Waals surface area (Å²) in [5.41, 5.74) is 3.52. The van der Waals surface area contributed by atoms with Gasteiger partial charge in [0.2, 0.25) is 0 Å². The zero-order valence-corrected chi connectivity index (χ0v) is 13.2. The smallest absolute Gasteiger partial charge is 0.308 e. The maximum absolute atomic E-state index is 12.7. The summed E-state index contributed by atoms with van der Waals surface area (Å²) >= 11 is 0. The number of fused-ring (bicyclic) bond motifs is 1. The summed E-state index contributed by atoms with van der Waals surface area (Å²) in [6.45, 7) is 0.239. The second-order valence-corrected chi connectivity index (χ2v) is 5.71. The number of benzene rings is 2. The fourth-order valence-corrected chi connectivity index (χ4v) is 3.14. The summed E-state index contributed by atoms with van der Waals surface area (Å²) in [6.07, 6.45) is 7.29. The third kappa shape index (κ3) is 3.09. The van der Waals surface area contributed by atoms with Gasteiger partial charge in [0.1, 0.15) is 0 Å². The van der Waals surface area contributed by atoms with Gasteiger partial charge in [-0.2, -0.15) is 5.26 Å². The Morgan fingerprint density at radius 2 is 2.12 bits per heavy atom. The molecule has 0 bridgehead atoms. The van der Waals surface area contributed by atoms with Crippen molar-refractivity contribution in [2.24, 2.45) is 0 Å². The molecule has 0 spiro atoms. The van der Waals surface area contributed by atoms with E-state index in [-0.39, 0.29) is 18.6 Å². The number of anilines is 1. The van der Waals surface area contributed by atoms with E-state index in [0.717, 1.165) is 18.4 Å². The van der Waals surface area contributed by atoms with Crippen LogP contribution in [0.3, 0.4) is 0 Å². The van der Waals surface area contributed by atoms with Gasteiger partial charge < -0.3 is 10.2 Å². The molecule has 3 rings (SSSR count). The van der Waals surface area contributed by atoms with Crippen molar-refractivity contribution in [3.63, 3.8) is 0 Å². The number of nitrogens with zero attached hydrogens (tertiary/aromatic N) is 2. The third-order valence-corrected chi connectivity index (χ3v) is 4.24. The molecule has 118 valence electrons. The predicted molar refractivity (Wildman–Crippen MR) is 93.2 cm³/mol. The average molecular weight is 315 g/mol. The largest absolute Gasteiger partial charge is 0.323 e. The predicted octanol–water partition coefficient (Wildman–Crippen LogP) is 3.71. The van der Waals surface area contributed by atoms with Crippen molar-refractivity contribution < 1.29 is 4.79 Å². The van der Waals surface area contributed by atoms with Crippen LogP contribution in [0, 0.1) is 23.7 Å². The Labute approximate surface area is 141 Å². The Balaban J connectivity index is 1.82. The van der Waals surface area contributed by atoms with Crippen molar-refractivity contribution >= 4 is 11.7 Å². The molecule has 1 aliphatic rings. The van der Waals surface area contributed by atoms with Crippen LogP contribution in [0.25, 0.3) is 0 Å². The van der Waals surface area contributed by atoms with Gasteiger partial charge in [0.05, 0.1) is 24.2 Å². The number of amides is 2. The van der Waals surface area contributed by atoms with E-state index in [1.165, 1.54) is 5.56 Å². The lowest BCUT2D eigenvalue weighted by Gasteiger charge is -2.28. The highest BCUT2D eigenvalue weighted by Gasteiger charge is 2.30. The molecule has 0 saturated carbocycles. The summed E-state index contributed by atoms with van der Waals surface area (Å²) in [5.74, 6) is 2.58. The first-order valence-corrected chi connectivity index (χ1v) is 7.82. The van der Waals surface area contributed by atoms with Crippen LogP contribution >= 0.6 is 0 Å². The number of carbonyl (C=O) groups is 1. The van der Waals surface area contributed by atoms with Crippen molar-refractivity contribution in [3.8, 4) is 18.4 Å². The van der Waals surface area contributed by atoms with E-state index in [9.17, 15) is 4.79 Å². The lowest BCUT2D eigenvalue weighted by atomic mass is 10.1. The molecule has 1 N–H and O–H groups in total. The number of urea groups is 1. The van der Waals surface area contributed by atoms with Crippen LogP contribution in [0.5, 0.6) is 0 Å². The maximum atomic E-state index is 12.7. The number of nitriles is 1. The van der Waals surface area contributed by atoms with Crippen molar-refractivity contribution in [2.45, 2.75) is 18.9 Å². The van der Waals surface area contributed by atoms with Crippen LogP contribution in [0.2, 0.25) is 0 Å². The van der Waals surface area contributed by atoms with Crippen molar-refractivity contribution in [3.05, 3.63) is 65.2 Å². The van der Waals surface area contributed by atoms with E-state index < -0.39 is 0 Å².